The van der Waals surface area contributed by atoms with Gasteiger partial charge in [0.25, 0.3) is 0 Å². The molecule has 1 rings (SSSR count). The highest BCUT2D eigenvalue weighted by Crippen LogP contribution is 2.32. The molecule has 1 heterocycles. The number of aromatic nitrogens is 1. The van der Waals surface area contributed by atoms with Crippen molar-refractivity contribution in [2.75, 3.05) is 6.26 Å². The van der Waals surface area contributed by atoms with E-state index in [2.05, 4.69) is 4.98 Å². The lowest BCUT2D eigenvalue weighted by atomic mass is 10.2. The average molecular weight is 232 g/mol. The number of rotatable bonds is 2. The normalized spacial score (nSPS) is 13.3. The Morgan fingerprint density at radius 3 is 2.67 bits per heavy atom. The molecule has 0 aliphatic carbocycles. The molecule has 1 atom stereocenters. The van der Waals surface area contributed by atoms with Crippen LogP contribution in [0.25, 0.3) is 0 Å². The van der Waals surface area contributed by atoms with E-state index >= 15 is 0 Å². The molecule has 0 saturated heterocycles. The van der Waals surface area contributed by atoms with Crippen molar-refractivity contribution in [1.29, 1.82) is 5.26 Å². The van der Waals surface area contributed by atoms with Crippen LogP contribution in [0.15, 0.2) is 18.3 Å². The monoisotopic (exact) mass is 232 g/mol. The van der Waals surface area contributed by atoms with Gasteiger partial charge in [0.05, 0.1) is 17.3 Å². The van der Waals surface area contributed by atoms with Gasteiger partial charge in [0.15, 0.2) is 0 Å². The smallest absolute Gasteiger partial charge is 0.259 e. The minimum absolute atomic E-state index is 0.139. The van der Waals surface area contributed by atoms with Crippen LogP contribution >= 0.6 is 11.8 Å². The summed E-state index contributed by atoms with van der Waals surface area (Å²) in [5.74, 6) is 0. The van der Waals surface area contributed by atoms with E-state index in [9.17, 15) is 13.2 Å². The molecular weight excluding hydrogens is 225 g/mol. The molecule has 0 aromatic carbocycles. The maximum Gasteiger partial charge on any atom is 0.416 e. The van der Waals surface area contributed by atoms with Gasteiger partial charge >= 0.3 is 6.18 Å². The third-order valence-corrected chi connectivity index (χ3v) is 2.55. The van der Waals surface area contributed by atoms with Gasteiger partial charge in [-0.05, 0) is 18.4 Å². The maximum absolute atomic E-state index is 12.3. The number of nitriles is 1. The lowest BCUT2D eigenvalue weighted by Gasteiger charge is -2.09. The Hall–Kier alpha value is -1.22. The van der Waals surface area contributed by atoms with Gasteiger partial charge in [-0.3, -0.25) is 4.98 Å². The number of hydrogen-bond acceptors (Lipinski definition) is 3. The molecule has 0 spiro atoms. The topological polar surface area (TPSA) is 36.7 Å². The van der Waals surface area contributed by atoms with E-state index in [1.165, 1.54) is 0 Å². The average Bonchev–Trinajstić information content (AvgIpc) is 2.19. The van der Waals surface area contributed by atoms with Crippen LogP contribution in [0.4, 0.5) is 13.2 Å². The molecule has 0 saturated carbocycles. The van der Waals surface area contributed by atoms with Crippen molar-refractivity contribution < 1.29 is 13.2 Å². The summed E-state index contributed by atoms with van der Waals surface area (Å²) in [6.07, 6.45) is -1.68. The summed E-state index contributed by atoms with van der Waals surface area (Å²) < 4.78 is 37.0. The molecule has 15 heavy (non-hydrogen) atoms. The van der Waals surface area contributed by atoms with Crippen LogP contribution in [0.1, 0.15) is 16.5 Å². The highest BCUT2D eigenvalue weighted by atomic mass is 32.2. The highest BCUT2D eigenvalue weighted by Gasteiger charge is 2.31. The van der Waals surface area contributed by atoms with Crippen LogP contribution in [-0.4, -0.2) is 11.2 Å². The molecule has 0 fully saturated rings. The fourth-order valence-electron chi connectivity index (χ4n) is 1.01. The SMILES string of the molecule is CSC(C#N)c1cc(C(F)(F)F)ccn1. The third kappa shape index (κ3) is 2.86. The van der Waals surface area contributed by atoms with Crippen molar-refractivity contribution in [3.63, 3.8) is 0 Å². The number of thioether (sulfide) groups is 1. The molecule has 0 N–H and O–H groups in total. The molecule has 1 aromatic heterocycles. The van der Waals surface area contributed by atoms with Crippen LogP contribution in [0.5, 0.6) is 0 Å². The van der Waals surface area contributed by atoms with Gasteiger partial charge in [0, 0.05) is 6.20 Å². The van der Waals surface area contributed by atoms with Crippen LogP contribution in [0.2, 0.25) is 0 Å². The second-order valence-electron chi connectivity index (χ2n) is 2.71. The first kappa shape index (κ1) is 11.9. The molecule has 0 radical (unpaired) electrons. The van der Waals surface area contributed by atoms with Crippen LogP contribution in [0, 0.1) is 11.3 Å². The second-order valence-corrected chi connectivity index (χ2v) is 3.65. The number of alkyl halides is 3. The van der Waals surface area contributed by atoms with E-state index in [4.69, 9.17) is 5.26 Å². The summed E-state index contributed by atoms with van der Waals surface area (Å²) in [5.41, 5.74) is -0.637. The zero-order valence-corrected chi connectivity index (χ0v) is 8.56. The fraction of sp³-hybridized carbons (Fsp3) is 0.333. The molecule has 80 valence electrons. The van der Waals surface area contributed by atoms with Gasteiger partial charge in [-0.2, -0.15) is 18.4 Å². The Kier molecular flexibility index (Phi) is 3.58. The summed E-state index contributed by atoms with van der Waals surface area (Å²) in [6, 6.07) is 3.67. The van der Waals surface area contributed by atoms with Crippen LogP contribution < -0.4 is 0 Å². The minimum Gasteiger partial charge on any atom is -0.259 e. The summed E-state index contributed by atoms with van der Waals surface area (Å²) in [6.45, 7) is 0. The van der Waals surface area contributed by atoms with Gasteiger partial charge in [-0.15, -0.1) is 11.8 Å². The summed E-state index contributed by atoms with van der Waals surface area (Å²) in [7, 11) is 0. The summed E-state index contributed by atoms with van der Waals surface area (Å²) in [4.78, 5) is 3.75. The molecule has 1 aromatic rings. The highest BCUT2D eigenvalue weighted by molar-refractivity contribution is 7.99. The minimum atomic E-state index is -4.39. The standard InChI is InChI=1S/C9H7F3N2S/c1-15-8(5-13)7-4-6(2-3-14-7)9(10,11)12/h2-4,8H,1H3. The quantitative estimate of drug-likeness (QED) is 0.786. The largest absolute Gasteiger partial charge is 0.416 e. The lowest BCUT2D eigenvalue weighted by molar-refractivity contribution is -0.137. The Morgan fingerprint density at radius 2 is 2.20 bits per heavy atom. The number of nitrogens with zero attached hydrogens (tertiary/aromatic N) is 2. The zero-order chi connectivity index (χ0) is 11.5. The lowest BCUT2D eigenvalue weighted by Crippen LogP contribution is -2.07. The van der Waals surface area contributed by atoms with Crippen molar-refractivity contribution in [1.82, 2.24) is 4.98 Å². The predicted octanol–water partition coefficient (Wildman–Crippen LogP) is 3.03. The molecule has 0 aliphatic rings. The van der Waals surface area contributed by atoms with Crippen molar-refractivity contribution >= 4 is 11.8 Å². The van der Waals surface area contributed by atoms with Gasteiger partial charge in [0.2, 0.25) is 0 Å². The second kappa shape index (κ2) is 4.53. The number of hydrogen-bond donors (Lipinski definition) is 0. The van der Waals surface area contributed by atoms with E-state index in [1.807, 2.05) is 6.07 Å². The van der Waals surface area contributed by atoms with E-state index < -0.39 is 17.0 Å². The van der Waals surface area contributed by atoms with Crippen LogP contribution in [-0.2, 0) is 6.18 Å². The van der Waals surface area contributed by atoms with Crippen molar-refractivity contribution in [2.24, 2.45) is 0 Å². The first-order chi connectivity index (χ1) is 6.99. The van der Waals surface area contributed by atoms with E-state index in [0.717, 1.165) is 30.1 Å². The number of halogens is 3. The van der Waals surface area contributed by atoms with E-state index in [-0.39, 0.29) is 5.69 Å². The molecule has 0 bridgehead atoms. The van der Waals surface area contributed by atoms with Gasteiger partial charge in [-0.1, -0.05) is 0 Å². The molecule has 6 heteroatoms. The van der Waals surface area contributed by atoms with Gasteiger partial charge in [0.1, 0.15) is 5.25 Å². The Labute approximate surface area is 89.1 Å². The predicted molar refractivity (Wildman–Crippen MR) is 51.1 cm³/mol. The Bertz CT molecular complexity index is 384. The van der Waals surface area contributed by atoms with Crippen molar-refractivity contribution in [3.8, 4) is 6.07 Å². The molecule has 0 aliphatic heterocycles. The Balaban J connectivity index is 3.09. The maximum atomic E-state index is 12.3. The Morgan fingerprint density at radius 1 is 1.53 bits per heavy atom. The van der Waals surface area contributed by atoms with Crippen molar-refractivity contribution in [2.45, 2.75) is 11.4 Å². The summed E-state index contributed by atoms with van der Waals surface area (Å²) in [5, 5.41) is 8.02. The first-order valence-electron chi connectivity index (χ1n) is 3.94. The van der Waals surface area contributed by atoms with E-state index in [0.29, 0.717) is 0 Å². The van der Waals surface area contributed by atoms with Gasteiger partial charge in [-0.25, -0.2) is 0 Å². The van der Waals surface area contributed by atoms with Crippen LogP contribution in [0.3, 0.4) is 0 Å². The van der Waals surface area contributed by atoms with Crippen molar-refractivity contribution in [3.05, 3.63) is 29.6 Å². The molecular formula is C9H7F3N2S. The molecule has 2 nitrogen and oxygen atoms in total. The van der Waals surface area contributed by atoms with E-state index in [1.54, 1.807) is 6.26 Å². The summed E-state index contributed by atoms with van der Waals surface area (Å²) >= 11 is 1.15. The third-order valence-electron chi connectivity index (χ3n) is 1.73. The van der Waals surface area contributed by atoms with Gasteiger partial charge < -0.3 is 0 Å². The first-order valence-corrected chi connectivity index (χ1v) is 5.23. The zero-order valence-electron chi connectivity index (χ0n) is 7.75. The molecule has 0 amide bonds. The number of pyridine rings is 1. The molecule has 1 unspecified atom stereocenters. The fourth-order valence-corrected chi connectivity index (χ4v) is 1.48.